The summed E-state index contributed by atoms with van der Waals surface area (Å²) >= 11 is 0. The van der Waals surface area contributed by atoms with Crippen LogP contribution in [0.15, 0.2) is 48.5 Å². The first kappa shape index (κ1) is 22.9. The SMILES string of the molecule is O=C(NCc1ccc(OCC(F)(F)F)cc1)NCc1ccccc1CN1CCOCC1. The van der Waals surface area contributed by atoms with Crippen LogP contribution in [-0.2, 0) is 24.4 Å². The van der Waals surface area contributed by atoms with Crippen LogP contribution in [0.25, 0.3) is 0 Å². The Kier molecular flexibility index (Phi) is 8.13. The van der Waals surface area contributed by atoms with Gasteiger partial charge in [0.1, 0.15) is 5.75 Å². The topological polar surface area (TPSA) is 62.8 Å². The lowest BCUT2D eigenvalue weighted by Gasteiger charge is -2.27. The van der Waals surface area contributed by atoms with Gasteiger partial charge in [-0.05, 0) is 28.8 Å². The van der Waals surface area contributed by atoms with Crippen LogP contribution < -0.4 is 15.4 Å². The molecule has 3 rings (SSSR count). The van der Waals surface area contributed by atoms with Gasteiger partial charge >= 0.3 is 12.2 Å². The van der Waals surface area contributed by atoms with E-state index in [1.165, 1.54) is 17.7 Å². The molecule has 2 amide bonds. The van der Waals surface area contributed by atoms with Crippen molar-refractivity contribution in [3.05, 3.63) is 65.2 Å². The van der Waals surface area contributed by atoms with Gasteiger partial charge in [0.05, 0.1) is 13.2 Å². The number of benzene rings is 2. The molecule has 168 valence electrons. The van der Waals surface area contributed by atoms with Gasteiger partial charge in [-0.3, -0.25) is 4.90 Å². The second kappa shape index (κ2) is 11.0. The number of nitrogens with one attached hydrogen (secondary N) is 2. The highest BCUT2D eigenvalue weighted by molar-refractivity contribution is 5.73. The molecule has 2 N–H and O–H groups in total. The summed E-state index contributed by atoms with van der Waals surface area (Å²) in [4.78, 5) is 14.5. The smallest absolute Gasteiger partial charge is 0.422 e. The first-order valence-corrected chi connectivity index (χ1v) is 10.1. The third-order valence-electron chi connectivity index (χ3n) is 4.83. The van der Waals surface area contributed by atoms with Crippen LogP contribution in [-0.4, -0.2) is 50.0 Å². The van der Waals surface area contributed by atoms with E-state index in [0.717, 1.165) is 44.0 Å². The fourth-order valence-electron chi connectivity index (χ4n) is 3.17. The summed E-state index contributed by atoms with van der Waals surface area (Å²) in [6.45, 7) is 3.38. The second-order valence-electron chi connectivity index (χ2n) is 7.24. The minimum atomic E-state index is -4.38. The van der Waals surface area contributed by atoms with Crippen molar-refractivity contribution in [3.8, 4) is 5.75 Å². The summed E-state index contributed by atoms with van der Waals surface area (Å²) in [5, 5.41) is 5.60. The molecule has 0 unspecified atom stereocenters. The molecule has 0 aliphatic carbocycles. The molecule has 1 aliphatic heterocycles. The molecule has 0 bridgehead atoms. The van der Waals surface area contributed by atoms with Crippen LogP contribution in [0.5, 0.6) is 5.75 Å². The molecule has 0 radical (unpaired) electrons. The van der Waals surface area contributed by atoms with Gasteiger partial charge in [-0.1, -0.05) is 36.4 Å². The van der Waals surface area contributed by atoms with Crippen LogP contribution >= 0.6 is 0 Å². The van der Waals surface area contributed by atoms with Gasteiger partial charge in [-0.25, -0.2) is 4.79 Å². The molecule has 6 nitrogen and oxygen atoms in total. The summed E-state index contributed by atoms with van der Waals surface area (Å²) in [6.07, 6.45) is -4.38. The van der Waals surface area contributed by atoms with Gasteiger partial charge in [0.25, 0.3) is 0 Å². The van der Waals surface area contributed by atoms with Crippen LogP contribution in [0, 0.1) is 0 Å². The predicted octanol–water partition coefficient (Wildman–Crippen LogP) is 3.46. The molecular formula is C22H26F3N3O3. The zero-order valence-corrected chi connectivity index (χ0v) is 17.1. The minimum absolute atomic E-state index is 0.127. The van der Waals surface area contributed by atoms with E-state index in [2.05, 4.69) is 26.3 Å². The number of hydrogen-bond donors (Lipinski definition) is 2. The second-order valence-corrected chi connectivity index (χ2v) is 7.24. The zero-order chi connectivity index (χ0) is 22.1. The van der Waals surface area contributed by atoms with Crippen LogP contribution in [0.3, 0.4) is 0 Å². The Balaban J connectivity index is 1.43. The number of hydrogen-bond acceptors (Lipinski definition) is 4. The maximum atomic E-state index is 12.2. The Morgan fingerprint density at radius 3 is 2.29 bits per heavy atom. The van der Waals surface area contributed by atoms with Gasteiger partial charge < -0.3 is 20.1 Å². The highest BCUT2D eigenvalue weighted by Crippen LogP contribution is 2.19. The Morgan fingerprint density at radius 1 is 0.968 bits per heavy atom. The van der Waals surface area contributed by atoms with E-state index in [-0.39, 0.29) is 18.3 Å². The van der Waals surface area contributed by atoms with E-state index in [9.17, 15) is 18.0 Å². The number of halogens is 3. The number of alkyl halides is 3. The first-order chi connectivity index (χ1) is 14.9. The van der Waals surface area contributed by atoms with Gasteiger partial charge in [-0.15, -0.1) is 0 Å². The number of carbonyl (C=O) groups is 1. The lowest BCUT2D eigenvalue weighted by atomic mass is 10.1. The molecule has 9 heteroatoms. The standard InChI is InChI=1S/C22H26F3N3O3/c23-22(24,25)16-31-20-7-5-17(6-8-20)13-26-21(29)27-14-18-3-1-2-4-19(18)15-28-9-11-30-12-10-28/h1-8H,9-16H2,(H2,26,27,29). The van der Waals surface area contributed by atoms with Crippen LogP contribution in [0.4, 0.5) is 18.0 Å². The lowest BCUT2D eigenvalue weighted by Crippen LogP contribution is -2.37. The molecule has 1 heterocycles. The highest BCUT2D eigenvalue weighted by Gasteiger charge is 2.28. The quantitative estimate of drug-likeness (QED) is 0.664. The van der Waals surface area contributed by atoms with Crippen molar-refractivity contribution in [1.29, 1.82) is 0 Å². The summed E-state index contributed by atoms with van der Waals surface area (Å²) in [7, 11) is 0. The van der Waals surface area contributed by atoms with E-state index in [1.54, 1.807) is 12.1 Å². The van der Waals surface area contributed by atoms with Crippen molar-refractivity contribution in [3.63, 3.8) is 0 Å². The average Bonchev–Trinajstić information content (AvgIpc) is 2.76. The molecule has 31 heavy (non-hydrogen) atoms. The van der Waals surface area contributed by atoms with Crippen LogP contribution in [0.2, 0.25) is 0 Å². The number of amides is 2. The summed E-state index contributed by atoms with van der Waals surface area (Å²) in [5.74, 6) is 0.127. The van der Waals surface area contributed by atoms with Crippen molar-refractivity contribution in [2.75, 3.05) is 32.9 Å². The summed E-state index contributed by atoms with van der Waals surface area (Å²) < 4.78 is 46.6. The highest BCUT2D eigenvalue weighted by atomic mass is 19.4. The Labute approximate surface area is 179 Å². The molecule has 1 fully saturated rings. The van der Waals surface area contributed by atoms with E-state index in [4.69, 9.17) is 4.74 Å². The van der Waals surface area contributed by atoms with E-state index < -0.39 is 12.8 Å². The lowest BCUT2D eigenvalue weighted by molar-refractivity contribution is -0.153. The monoisotopic (exact) mass is 437 g/mol. The number of carbonyl (C=O) groups excluding carboxylic acids is 1. The van der Waals surface area contributed by atoms with Crippen LogP contribution in [0.1, 0.15) is 16.7 Å². The van der Waals surface area contributed by atoms with E-state index in [0.29, 0.717) is 6.54 Å². The summed E-state index contributed by atoms with van der Waals surface area (Å²) in [5.41, 5.74) is 2.97. The van der Waals surface area contributed by atoms with E-state index in [1.807, 2.05) is 18.2 Å². The predicted molar refractivity (Wildman–Crippen MR) is 110 cm³/mol. The molecule has 0 aromatic heterocycles. The Hall–Kier alpha value is -2.78. The first-order valence-electron chi connectivity index (χ1n) is 10.1. The number of ether oxygens (including phenoxy) is 2. The maximum absolute atomic E-state index is 12.2. The van der Waals surface area contributed by atoms with Crippen molar-refractivity contribution in [2.24, 2.45) is 0 Å². The molecule has 1 aliphatic rings. The Morgan fingerprint density at radius 2 is 1.61 bits per heavy atom. The molecule has 2 aromatic carbocycles. The van der Waals surface area contributed by atoms with Gasteiger partial charge in [0.2, 0.25) is 0 Å². The largest absolute Gasteiger partial charge is 0.484 e. The van der Waals surface area contributed by atoms with Gasteiger partial charge in [-0.2, -0.15) is 13.2 Å². The molecule has 2 aromatic rings. The minimum Gasteiger partial charge on any atom is -0.484 e. The van der Waals surface area contributed by atoms with Crippen molar-refractivity contribution < 1.29 is 27.4 Å². The number of nitrogens with zero attached hydrogens (tertiary/aromatic N) is 1. The number of rotatable bonds is 8. The number of urea groups is 1. The van der Waals surface area contributed by atoms with Crippen molar-refractivity contribution in [1.82, 2.24) is 15.5 Å². The van der Waals surface area contributed by atoms with E-state index >= 15 is 0 Å². The molecule has 0 saturated carbocycles. The average molecular weight is 437 g/mol. The van der Waals surface area contributed by atoms with Crippen molar-refractivity contribution in [2.45, 2.75) is 25.8 Å². The third-order valence-corrected chi connectivity index (χ3v) is 4.83. The normalized spacial score (nSPS) is 14.8. The fraction of sp³-hybridized carbons (Fsp3) is 0.409. The molecular weight excluding hydrogens is 411 g/mol. The molecule has 0 spiro atoms. The molecule has 0 atom stereocenters. The summed E-state index contributed by atoms with van der Waals surface area (Å²) in [6, 6.07) is 13.8. The van der Waals surface area contributed by atoms with Gasteiger partial charge in [0.15, 0.2) is 6.61 Å². The fourth-order valence-corrected chi connectivity index (χ4v) is 3.17. The third kappa shape index (κ3) is 8.10. The maximum Gasteiger partial charge on any atom is 0.422 e. The van der Waals surface area contributed by atoms with Crippen molar-refractivity contribution >= 4 is 6.03 Å². The molecule has 1 saturated heterocycles. The Bertz CT molecular complexity index is 838. The van der Waals surface area contributed by atoms with Gasteiger partial charge in [0, 0.05) is 32.7 Å². The zero-order valence-electron chi connectivity index (χ0n) is 17.1. The number of morpholine rings is 1.